The zero-order valence-electron chi connectivity index (χ0n) is 35.7. The Kier molecular flexibility index (Phi) is 7.95. The number of anilines is 6. The van der Waals surface area contributed by atoms with Crippen LogP contribution < -0.4 is 9.80 Å². The molecule has 2 aromatic heterocycles. The van der Waals surface area contributed by atoms with E-state index in [2.05, 4.69) is 240 Å². The predicted octanol–water partition coefficient (Wildman–Crippen LogP) is 17.0. The van der Waals surface area contributed by atoms with Gasteiger partial charge in [-0.05, 0) is 134 Å². The molecule has 66 heavy (non-hydrogen) atoms. The number of benzene rings is 10. The van der Waals surface area contributed by atoms with Crippen LogP contribution in [0, 0.1) is 0 Å². The van der Waals surface area contributed by atoms with Crippen molar-refractivity contribution in [2.45, 2.75) is 0 Å². The summed E-state index contributed by atoms with van der Waals surface area (Å²) in [5.41, 5.74) is 19.7. The lowest BCUT2D eigenvalue weighted by Gasteiger charge is -2.28. The molecule has 12 aromatic rings. The molecule has 0 saturated carbocycles. The van der Waals surface area contributed by atoms with Gasteiger partial charge in [0, 0.05) is 44.7 Å². The molecule has 2 aliphatic carbocycles. The second kappa shape index (κ2) is 14.3. The predicted molar refractivity (Wildman–Crippen MR) is 276 cm³/mol. The second-order valence-electron chi connectivity index (χ2n) is 17.3. The highest BCUT2D eigenvalue weighted by Gasteiger charge is 2.28. The standard InChI is InChI=1S/C62H38N4/c1-3-16-43(17-4-1)65(56-33-31-50-46-21-9-8-20-45(46)48-22-12-24-52(56)60(48)50)58-27-11-15-41-36-42(38-63-62(41)58)40-28-30-47-49-23-13-25-53-57(34-32-51(61(49)53)54(47)37-40)66(44-18-5-2-6-19-44)59-35-29-39-14-7-10-26-55(39)64-59/h1-38H. The van der Waals surface area contributed by atoms with Gasteiger partial charge in [-0.25, -0.2) is 4.98 Å². The minimum absolute atomic E-state index is 0.883. The third kappa shape index (κ3) is 5.45. The minimum Gasteiger partial charge on any atom is -0.308 e. The van der Waals surface area contributed by atoms with Gasteiger partial charge in [0.2, 0.25) is 0 Å². The van der Waals surface area contributed by atoms with Crippen LogP contribution in [0.25, 0.3) is 99.0 Å². The van der Waals surface area contributed by atoms with Crippen LogP contribution in [0.5, 0.6) is 0 Å². The quantitative estimate of drug-likeness (QED) is 0.160. The van der Waals surface area contributed by atoms with E-state index in [9.17, 15) is 0 Å². The Morgan fingerprint density at radius 3 is 1.59 bits per heavy atom. The first-order valence-electron chi connectivity index (χ1n) is 22.6. The van der Waals surface area contributed by atoms with Crippen LogP contribution in [-0.4, -0.2) is 9.97 Å². The van der Waals surface area contributed by atoms with Crippen LogP contribution in [0.1, 0.15) is 0 Å². The summed E-state index contributed by atoms with van der Waals surface area (Å²) in [5, 5.41) is 7.18. The number of fused-ring (bicyclic) bond motifs is 8. The summed E-state index contributed by atoms with van der Waals surface area (Å²) in [6.45, 7) is 0. The average Bonchev–Trinajstić information content (AvgIpc) is 3.89. The Balaban J connectivity index is 0.875. The van der Waals surface area contributed by atoms with Crippen molar-refractivity contribution in [3.05, 3.63) is 231 Å². The van der Waals surface area contributed by atoms with Gasteiger partial charge in [-0.3, -0.25) is 9.88 Å². The van der Waals surface area contributed by atoms with Crippen LogP contribution in [0.2, 0.25) is 0 Å². The number of rotatable bonds is 7. The molecule has 0 fully saturated rings. The molecule has 0 saturated heterocycles. The monoisotopic (exact) mass is 838 g/mol. The number of hydrogen-bond donors (Lipinski definition) is 0. The molecule has 4 heteroatoms. The summed E-state index contributed by atoms with van der Waals surface area (Å²) in [7, 11) is 0. The molecule has 0 aliphatic heterocycles. The van der Waals surface area contributed by atoms with E-state index in [1.165, 1.54) is 66.1 Å². The van der Waals surface area contributed by atoms with Crippen LogP contribution >= 0.6 is 0 Å². The van der Waals surface area contributed by atoms with Crippen LogP contribution in [0.3, 0.4) is 0 Å². The van der Waals surface area contributed by atoms with Crippen molar-refractivity contribution in [2.75, 3.05) is 9.80 Å². The summed E-state index contributed by atoms with van der Waals surface area (Å²) in [6.07, 6.45) is 2.05. The SMILES string of the molecule is c1ccc(N(c2ccc3ccccc3n2)c2ccc3c4c(cccc24)-c2ccc(-c4cnc5c(N(c6ccccc6)c6ccc7c8c(cccc68)-c6ccccc6-7)cccc5c4)cc2-3)cc1. The Bertz CT molecular complexity index is 3920. The van der Waals surface area contributed by atoms with Gasteiger partial charge in [-0.2, -0.15) is 0 Å². The van der Waals surface area contributed by atoms with Crippen molar-refractivity contribution in [2.24, 2.45) is 0 Å². The highest BCUT2D eigenvalue weighted by Crippen LogP contribution is 2.53. The second-order valence-corrected chi connectivity index (χ2v) is 17.3. The molecule has 0 radical (unpaired) electrons. The van der Waals surface area contributed by atoms with Crippen molar-refractivity contribution in [3.63, 3.8) is 0 Å². The number of hydrogen-bond acceptors (Lipinski definition) is 4. The van der Waals surface area contributed by atoms with Crippen LogP contribution in [0.4, 0.5) is 34.3 Å². The van der Waals surface area contributed by atoms with E-state index in [-0.39, 0.29) is 0 Å². The fourth-order valence-corrected chi connectivity index (χ4v) is 10.8. The van der Waals surface area contributed by atoms with Gasteiger partial charge in [0.1, 0.15) is 5.82 Å². The average molecular weight is 839 g/mol. The molecule has 10 aromatic carbocycles. The molecule has 2 heterocycles. The maximum Gasteiger partial charge on any atom is 0.138 e. The van der Waals surface area contributed by atoms with E-state index in [1.54, 1.807) is 0 Å². The fourth-order valence-electron chi connectivity index (χ4n) is 10.8. The van der Waals surface area contributed by atoms with E-state index in [0.29, 0.717) is 0 Å². The molecule has 0 spiro atoms. The van der Waals surface area contributed by atoms with Crippen molar-refractivity contribution < 1.29 is 0 Å². The van der Waals surface area contributed by atoms with Gasteiger partial charge in [0.05, 0.1) is 28.1 Å². The van der Waals surface area contributed by atoms with Crippen molar-refractivity contribution >= 4 is 77.6 Å². The highest BCUT2D eigenvalue weighted by atomic mass is 15.2. The first-order valence-corrected chi connectivity index (χ1v) is 22.6. The minimum atomic E-state index is 0.883. The largest absolute Gasteiger partial charge is 0.308 e. The van der Waals surface area contributed by atoms with Crippen LogP contribution in [0.15, 0.2) is 231 Å². The van der Waals surface area contributed by atoms with Gasteiger partial charge in [0.25, 0.3) is 0 Å². The zero-order valence-corrected chi connectivity index (χ0v) is 35.7. The maximum absolute atomic E-state index is 5.32. The molecule has 0 N–H and O–H groups in total. The Hall–Kier alpha value is -8.86. The summed E-state index contributed by atoms with van der Waals surface area (Å²) < 4.78 is 0. The third-order valence-corrected chi connectivity index (χ3v) is 13.7. The van der Waals surface area contributed by atoms with Gasteiger partial charge < -0.3 is 4.90 Å². The fraction of sp³-hybridized carbons (Fsp3) is 0. The third-order valence-electron chi connectivity index (χ3n) is 13.7. The van der Waals surface area contributed by atoms with E-state index >= 15 is 0 Å². The van der Waals surface area contributed by atoms with Gasteiger partial charge in [-0.1, -0.05) is 152 Å². The zero-order chi connectivity index (χ0) is 43.3. The Labute approximate surface area is 382 Å². The summed E-state index contributed by atoms with van der Waals surface area (Å²) >= 11 is 0. The van der Waals surface area contributed by atoms with E-state index in [1.807, 2.05) is 0 Å². The molecule has 0 amide bonds. The van der Waals surface area contributed by atoms with Crippen molar-refractivity contribution in [1.82, 2.24) is 9.97 Å². The smallest absolute Gasteiger partial charge is 0.138 e. The van der Waals surface area contributed by atoms with Gasteiger partial charge in [-0.15, -0.1) is 0 Å². The summed E-state index contributed by atoms with van der Waals surface area (Å²) in [6, 6.07) is 81.0. The highest BCUT2D eigenvalue weighted by molar-refractivity contribution is 6.21. The molecular weight excluding hydrogens is 801 g/mol. The Morgan fingerprint density at radius 1 is 0.318 bits per heavy atom. The number of pyridine rings is 2. The van der Waals surface area contributed by atoms with Gasteiger partial charge in [0.15, 0.2) is 0 Å². The molecule has 306 valence electrons. The molecule has 2 aliphatic rings. The number of aromatic nitrogens is 2. The topological polar surface area (TPSA) is 32.3 Å². The number of para-hydroxylation sites is 4. The molecule has 4 nitrogen and oxygen atoms in total. The molecule has 0 bridgehead atoms. The summed E-state index contributed by atoms with van der Waals surface area (Å²) in [5.74, 6) is 0.883. The summed E-state index contributed by atoms with van der Waals surface area (Å²) in [4.78, 5) is 15.2. The lowest BCUT2D eigenvalue weighted by Crippen LogP contribution is -2.12. The van der Waals surface area contributed by atoms with Gasteiger partial charge >= 0.3 is 0 Å². The van der Waals surface area contributed by atoms with E-state index in [4.69, 9.17) is 9.97 Å². The molecule has 0 atom stereocenters. The normalized spacial score (nSPS) is 11.9. The maximum atomic E-state index is 5.32. The van der Waals surface area contributed by atoms with Crippen LogP contribution in [-0.2, 0) is 0 Å². The number of nitrogens with zero attached hydrogens (tertiary/aromatic N) is 4. The lowest BCUT2D eigenvalue weighted by molar-refractivity contribution is 1.22. The Morgan fingerprint density at radius 2 is 0.864 bits per heavy atom. The molecular formula is C62H38N4. The van der Waals surface area contributed by atoms with Crippen molar-refractivity contribution in [3.8, 4) is 55.6 Å². The van der Waals surface area contributed by atoms with E-state index in [0.717, 1.165) is 67.2 Å². The van der Waals surface area contributed by atoms with Crippen molar-refractivity contribution in [1.29, 1.82) is 0 Å². The molecule has 0 unspecified atom stereocenters. The molecule has 14 rings (SSSR count). The first-order chi connectivity index (χ1) is 32.7. The van der Waals surface area contributed by atoms with E-state index < -0.39 is 0 Å². The first kappa shape index (κ1) is 36.6. The lowest BCUT2D eigenvalue weighted by atomic mass is 9.97.